The third kappa shape index (κ3) is 3.39. The Morgan fingerprint density at radius 1 is 1.10 bits per heavy atom. The Labute approximate surface area is 237 Å². The lowest BCUT2D eigenvalue weighted by atomic mass is 9.47. The Morgan fingerprint density at radius 2 is 1.82 bits per heavy atom. The smallest absolute Gasteiger partial charge is 0.269 e. The molecule has 1 N–H and O–H groups in total. The number of hydrogen-bond donors (Lipinski definition) is 1. The Bertz CT molecular complexity index is 1550. The van der Waals surface area contributed by atoms with Crippen molar-refractivity contribution in [2.75, 3.05) is 7.11 Å². The monoisotopic (exact) mass is 554 g/mol. The maximum Gasteiger partial charge on any atom is 0.269 e. The molecule has 2 aromatic carbocycles. The molecule has 8 rings (SSSR count). The van der Waals surface area contributed by atoms with E-state index in [4.69, 9.17) is 37.4 Å². The van der Waals surface area contributed by atoms with Crippen molar-refractivity contribution in [3.63, 3.8) is 0 Å². The summed E-state index contributed by atoms with van der Waals surface area (Å²) in [6.45, 7) is 7.40. The van der Waals surface area contributed by atoms with Gasteiger partial charge in [-0.3, -0.25) is 0 Å². The maximum atomic E-state index is 11.2. The number of rotatable bonds is 4. The molecule has 0 radical (unpaired) electrons. The van der Waals surface area contributed by atoms with Gasteiger partial charge in [-0.05, 0) is 80.1 Å². The zero-order valence-electron chi connectivity index (χ0n) is 21.9. The van der Waals surface area contributed by atoms with Crippen molar-refractivity contribution in [1.29, 1.82) is 5.26 Å². The molecule has 1 unspecified atom stereocenters. The molecule has 0 aromatic heterocycles. The average Bonchev–Trinajstić information content (AvgIpc) is 2.95. The summed E-state index contributed by atoms with van der Waals surface area (Å²) in [5.74, 6) is 1.79. The summed E-state index contributed by atoms with van der Waals surface area (Å²) < 4.78 is 12.1. The predicted octanol–water partition coefficient (Wildman–Crippen LogP) is 7.15. The van der Waals surface area contributed by atoms with Gasteiger partial charge in [0, 0.05) is 29.4 Å². The van der Waals surface area contributed by atoms with Crippen molar-refractivity contribution in [3.8, 4) is 17.6 Å². The second-order valence-corrected chi connectivity index (χ2v) is 11.8. The van der Waals surface area contributed by atoms with Crippen LogP contribution in [0.15, 0.2) is 60.0 Å². The summed E-state index contributed by atoms with van der Waals surface area (Å²) >= 11 is 6.84. The quantitative estimate of drug-likeness (QED) is 0.245. The summed E-state index contributed by atoms with van der Waals surface area (Å²) in [6, 6.07) is 12.8. The second kappa shape index (κ2) is 9.23. The summed E-state index contributed by atoms with van der Waals surface area (Å²) in [5.41, 5.74) is 1.56. The number of phenolic OH excluding ortho intramolecular Hbond substituents is 1. The number of ether oxygens (including phenoxy) is 2. The van der Waals surface area contributed by atoms with Crippen LogP contribution in [-0.4, -0.2) is 17.8 Å². The number of aromatic hydroxyl groups is 1. The highest BCUT2D eigenvalue weighted by molar-refractivity contribution is 6.33. The summed E-state index contributed by atoms with van der Waals surface area (Å²) in [6.07, 6.45) is 10.7. The Kier molecular flexibility index (Phi) is 5.85. The van der Waals surface area contributed by atoms with E-state index in [1.54, 1.807) is 37.5 Å². The molecule has 1 saturated heterocycles. The van der Waals surface area contributed by atoms with Gasteiger partial charge in [-0.2, -0.15) is 4.89 Å². The van der Waals surface area contributed by atoms with E-state index < -0.39 is 11.4 Å². The molecule has 1 spiro atoms. The summed E-state index contributed by atoms with van der Waals surface area (Å²) in [4.78, 5) is 15.2. The number of halogens is 1. The first kappa shape index (κ1) is 25.4. The van der Waals surface area contributed by atoms with Crippen molar-refractivity contribution in [2.24, 2.45) is 23.7 Å². The second-order valence-electron chi connectivity index (χ2n) is 11.4. The fourth-order valence-electron chi connectivity index (χ4n) is 8.05. The summed E-state index contributed by atoms with van der Waals surface area (Å²) in [5, 5.41) is 20.8. The molecule has 4 aliphatic carbocycles. The van der Waals surface area contributed by atoms with E-state index in [9.17, 15) is 10.4 Å². The normalized spacial score (nSPS) is 34.5. The van der Waals surface area contributed by atoms with E-state index in [1.807, 2.05) is 30.3 Å². The molecular formula is C32H27ClN2O5. The zero-order valence-corrected chi connectivity index (χ0v) is 22.6. The number of hydrogen-bond acceptors (Lipinski definition) is 6. The van der Waals surface area contributed by atoms with E-state index in [0.717, 1.165) is 37.5 Å². The van der Waals surface area contributed by atoms with Gasteiger partial charge < -0.3 is 14.6 Å². The number of benzene rings is 2. The third-order valence-corrected chi connectivity index (χ3v) is 9.93. The van der Waals surface area contributed by atoms with Crippen LogP contribution in [-0.2, 0) is 20.3 Å². The number of fused-ring (bicyclic) bond motifs is 1. The first-order valence-electron chi connectivity index (χ1n) is 13.6. The van der Waals surface area contributed by atoms with Gasteiger partial charge in [-0.25, -0.2) is 15.0 Å². The van der Waals surface area contributed by atoms with E-state index in [1.165, 1.54) is 6.42 Å². The van der Waals surface area contributed by atoms with E-state index in [2.05, 4.69) is 4.85 Å². The van der Waals surface area contributed by atoms with E-state index in [-0.39, 0.29) is 16.5 Å². The van der Waals surface area contributed by atoms with Gasteiger partial charge in [0.05, 0.1) is 17.7 Å². The molecule has 2 heterocycles. The molecule has 7 nitrogen and oxygen atoms in total. The van der Waals surface area contributed by atoms with Crippen molar-refractivity contribution in [1.82, 2.24) is 0 Å². The minimum absolute atomic E-state index is 0.0248. The van der Waals surface area contributed by atoms with Gasteiger partial charge in [-0.15, -0.1) is 0 Å². The molecule has 1 atom stereocenters. The Hall–Kier alpha value is -3.59. The topological polar surface area (TPSA) is 85.3 Å². The van der Waals surface area contributed by atoms with Gasteiger partial charge in [0.15, 0.2) is 5.60 Å². The minimum Gasteiger partial charge on any atom is -0.506 e. The molecular weight excluding hydrogens is 528 g/mol. The average molecular weight is 555 g/mol. The van der Waals surface area contributed by atoms with Crippen LogP contribution in [0.5, 0.6) is 11.5 Å². The van der Waals surface area contributed by atoms with Crippen molar-refractivity contribution in [3.05, 3.63) is 93.1 Å². The fourth-order valence-corrected chi connectivity index (χ4v) is 8.34. The SMILES string of the molecule is [C-]#[N+]/C(C#N)=C1C=C(/C=C/c2ccc(C3(OC)OOC34C3CC5CC(C3)CC4C5)c(Cl)c2O)Oc2ccccc2/1. The minimum atomic E-state index is -1.18. The maximum absolute atomic E-state index is 11.2. The van der Waals surface area contributed by atoms with Crippen LogP contribution in [0.4, 0.5) is 0 Å². The third-order valence-electron chi connectivity index (χ3n) is 9.54. The highest BCUT2D eigenvalue weighted by atomic mass is 35.5. The molecule has 4 bridgehead atoms. The van der Waals surface area contributed by atoms with E-state index >= 15 is 0 Å². The Morgan fingerprint density at radius 3 is 2.45 bits per heavy atom. The molecule has 6 aliphatic rings. The number of methoxy groups -OCH3 is 1. The lowest BCUT2D eigenvalue weighted by Crippen LogP contribution is -2.76. The molecule has 40 heavy (non-hydrogen) atoms. The number of nitriles is 1. The van der Waals surface area contributed by atoms with Crippen LogP contribution in [0.2, 0.25) is 5.02 Å². The molecule has 8 heteroatoms. The van der Waals surface area contributed by atoms with Crippen LogP contribution in [0.3, 0.4) is 0 Å². The first-order chi connectivity index (χ1) is 19.4. The fraction of sp³-hybridized carbons (Fsp3) is 0.375. The molecule has 2 aromatic rings. The van der Waals surface area contributed by atoms with Crippen LogP contribution < -0.4 is 4.74 Å². The molecule has 5 fully saturated rings. The van der Waals surface area contributed by atoms with Crippen LogP contribution in [0, 0.1) is 41.6 Å². The first-order valence-corrected chi connectivity index (χ1v) is 13.9. The highest BCUT2D eigenvalue weighted by Crippen LogP contribution is 2.70. The summed E-state index contributed by atoms with van der Waals surface area (Å²) in [7, 11) is 1.62. The highest BCUT2D eigenvalue weighted by Gasteiger charge is 2.77. The number of nitrogens with zero attached hydrogens (tertiary/aromatic N) is 2. The largest absolute Gasteiger partial charge is 0.506 e. The lowest BCUT2D eigenvalue weighted by Gasteiger charge is -2.68. The Balaban J connectivity index is 1.23. The van der Waals surface area contributed by atoms with Crippen LogP contribution in [0.25, 0.3) is 16.5 Å². The molecule has 2 aliphatic heterocycles. The molecule has 4 saturated carbocycles. The van der Waals surface area contributed by atoms with E-state index in [0.29, 0.717) is 45.6 Å². The molecule has 202 valence electrons. The van der Waals surface area contributed by atoms with Crippen molar-refractivity contribution >= 4 is 23.3 Å². The lowest BCUT2D eigenvalue weighted by molar-refractivity contribution is -0.645. The van der Waals surface area contributed by atoms with Gasteiger partial charge in [-0.1, -0.05) is 41.9 Å². The number of phenols is 1. The van der Waals surface area contributed by atoms with Gasteiger partial charge in [0.1, 0.15) is 17.3 Å². The van der Waals surface area contributed by atoms with Crippen molar-refractivity contribution in [2.45, 2.75) is 43.5 Å². The number of para-hydroxylation sites is 1. The van der Waals surface area contributed by atoms with Gasteiger partial charge in [0.25, 0.3) is 11.5 Å². The number of allylic oxidation sites excluding steroid dienone is 4. The standard InChI is InChI=1S/C32H27ClN2O5/c1-35-27(17-34)25-16-23(38-28-6-4-3-5-24(25)28)9-7-20-8-10-26(29(33)30(20)36)32(37-2)31(39-40-32)21-12-18-11-19(14-21)15-22(31)13-18/h3-10,16,18-19,21-22,36H,11-15H2,2H3/b9-7+,27-25-. The predicted molar refractivity (Wildman–Crippen MR) is 147 cm³/mol. The molecule has 0 amide bonds. The van der Waals surface area contributed by atoms with Crippen LogP contribution in [0.1, 0.15) is 48.8 Å². The van der Waals surface area contributed by atoms with Crippen molar-refractivity contribution < 1.29 is 24.4 Å². The van der Waals surface area contributed by atoms with Gasteiger partial charge in [0.2, 0.25) is 0 Å². The van der Waals surface area contributed by atoms with Gasteiger partial charge >= 0.3 is 0 Å². The zero-order chi connectivity index (χ0) is 27.6. The van der Waals surface area contributed by atoms with Crippen LogP contribution >= 0.6 is 11.6 Å².